The van der Waals surface area contributed by atoms with Gasteiger partial charge in [0.1, 0.15) is 10.7 Å². The smallest absolute Gasteiger partial charge is 0.262 e. The predicted molar refractivity (Wildman–Crippen MR) is 95.4 cm³/mol. The zero-order valence-corrected chi connectivity index (χ0v) is 14.7. The Morgan fingerprint density at radius 2 is 2.00 bits per heavy atom. The summed E-state index contributed by atoms with van der Waals surface area (Å²) in [5.41, 5.74) is 4.49. The molecule has 5 heteroatoms. The van der Waals surface area contributed by atoms with Crippen LogP contribution in [0.25, 0.3) is 21.3 Å². The van der Waals surface area contributed by atoms with Crippen LogP contribution in [0.15, 0.2) is 28.4 Å². The number of aryl methyl sites for hydroxylation is 3. The predicted octanol–water partition coefficient (Wildman–Crippen LogP) is 3.70. The summed E-state index contributed by atoms with van der Waals surface area (Å²) < 4.78 is 6.81. The van der Waals surface area contributed by atoms with Gasteiger partial charge in [-0.2, -0.15) is 0 Å². The molecule has 2 heterocycles. The molecule has 0 unspecified atom stereocenters. The summed E-state index contributed by atoms with van der Waals surface area (Å²) in [5.74, 6) is 0.730. The van der Waals surface area contributed by atoms with Crippen LogP contribution in [0.4, 0.5) is 0 Å². The number of thiophene rings is 1. The molecule has 0 amide bonds. The SMILES string of the molecule is COCCn1c(C)nc2scc(-c3ccc(C)cc3C)c2c1=O. The van der Waals surface area contributed by atoms with E-state index in [9.17, 15) is 4.79 Å². The lowest BCUT2D eigenvalue weighted by Gasteiger charge is -2.10. The fourth-order valence-corrected chi connectivity index (χ4v) is 3.86. The highest BCUT2D eigenvalue weighted by Gasteiger charge is 2.16. The van der Waals surface area contributed by atoms with Crippen molar-refractivity contribution >= 4 is 21.6 Å². The fraction of sp³-hybridized carbons (Fsp3) is 0.333. The molecule has 0 aliphatic rings. The standard InChI is InChI=1S/C18H20N2O2S/c1-11-5-6-14(12(2)9-11)15-10-23-17-16(15)18(21)20(7-8-22-4)13(3)19-17/h5-6,9-10H,7-8H2,1-4H3. The molecule has 0 saturated carbocycles. The molecule has 0 bridgehead atoms. The number of nitrogens with zero attached hydrogens (tertiary/aromatic N) is 2. The van der Waals surface area contributed by atoms with Gasteiger partial charge in [-0.15, -0.1) is 11.3 Å². The third kappa shape index (κ3) is 2.82. The van der Waals surface area contributed by atoms with Crippen molar-refractivity contribution < 1.29 is 4.74 Å². The normalized spacial score (nSPS) is 11.3. The van der Waals surface area contributed by atoms with Crippen molar-refractivity contribution in [3.63, 3.8) is 0 Å². The quantitative estimate of drug-likeness (QED) is 0.733. The topological polar surface area (TPSA) is 44.1 Å². The Balaban J connectivity index is 2.25. The zero-order chi connectivity index (χ0) is 16.6. The summed E-state index contributed by atoms with van der Waals surface area (Å²) in [6.07, 6.45) is 0. The van der Waals surface area contributed by atoms with E-state index >= 15 is 0 Å². The number of hydrogen-bond donors (Lipinski definition) is 0. The van der Waals surface area contributed by atoms with Gasteiger partial charge in [0.15, 0.2) is 0 Å². The van der Waals surface area contributed by atoms with Crippen LogP contribution in [0.1, 0.15) is 17.0 Å². The van der Waals surface area contributed by atoms with Crippen LogP contribution in [-0.2, 0) is 11.3 Å². The number of fused-ring (bicyclic) bond motifs is 1. The van der Waals surface area contributed by atoms with Gasteiger partial charge in [0, 0.05) is 18.1 Å². The summed E-state index contributed by atoms with van der Waals surface area (Å²) in [7, 11) is 1.64. The third-order valence-electron chi connectivity index (χ3n) is 4.08. The first-order valence-electron chi connectivity index (χ1n) is 7.58. The van der Waals surface area contributed by atoms with E-state index in [1.165, 1.54) is 22.5 Å². The number of ether oxygens (including phenoxy) is 1. The summed E-state index contributed by atoms with van der Waals surface area (Å²) >= 11 is 1.53. The first-order valence-corrected chi connectivity index (χ1v) is 8.46. The Kier molecular flexibility index (Phi) is 4.33. The molecular formula is C18H20N2O2S. The highest BCUT2D eigenvalue weighted by Crippen LogP contribution is 2.33. The van der Waals surface area contributed by atoms with Crippen molar-refractivity contribution in [3.05, 3.63) is 50.9 Å². The van der Waals surface area contributed by atoms with E-state index in [0.717, 1.165) is 21.8 Å². The maximum absolute atomic E-state index is 13.0. The number of benzene rings is 1. The van der Waals surface area contributed by atoms with E-state index in [-0.39, 0.29) is 5.56 Å². The van der Waals surface area contributed by atoms with Crippen molar-refractivity contribution in [1.82, 2.24) is 9.55 Å². The molecule has 0 spiro atoms. The Hall–Kier alpha value is -1.98. The van der Waals surface area contributed by atoms with Gasteiger partial charge in [-0.3, -0.25) is 9.36 Å². The number of hydrogen-bond acceptors (Lipinski definition) is 4. The fourth-order valence-electron chi connectivity index (χ4n) is 2.89. The second kappa shape index (κ2) is 6.26. The lowest BCUT2D eigenvalue weighted by molar-refractivity contribution is 0.185. The molecule has 0 fully saturated rings. The van der Waals surface area contributed by atoms with Crippen LogP contribution < -0.4 is 5.56 Å². The average Bonchev–Trinajstić information content (AvgIpc) is 2.90. The van der Waals surface area contributed by atoms with Gasteiger partial charge in [0.2, 0.25) is 0 Å². The van der Waals surface area contributed by atoms with Crippen LogP contribution in [0.5, 0.6) is 0 Å². The van der Waals surface area contributed by atoms with Crippen LogP contribution in [-0.4, -0.2) is 23.3 Å². The second-order valence-corrected chi connectivity index (χ2v) is 6.61. The molecule has 3 aromatic rings. The lowest BCUT2D eigenvalue weighted by Crippen LogP contribution is -2.25. The van der Waals surface area contributed by atoms with E-state index in [1.807, 2.05) is 12.3 Å². The molecule has 0 atom stereocenters. The molecule has 2 aromatic heterocycles. The van der Waals surface area contributed by atoms with E-state index in [1.54, 1.807) is 11.7 Å². The summed E-state index contributed by atoms with van der Waals surface area (Å²) in [5, 5.41) is 2.75. The molecule has 0 aliphatic carbocycles. The summed E-state index contributed by atoms with van der Waals surface area (Å²) in [4.78, 5) is 18.4. The number of methoxy groups -OCH3 is 1. The van der Waals surface area contributed by atoms with Crippen molar-refractivity contribution in [2.24, 2.45) is 0 Å². The van der Waals surface area contributed by atoms with Gasteiger partial charge < -0.3 is 4.74 Å². The van der Waals surface area contributed by atoms with Gasteiger partial charge in [0.05, 0.1) is 18.5 Å². The molecule has 3 rings (SSSR count). The average molecular weight is 328 g/mol. The highest BCUT2D eigenvalue weighted by molar-refractivity contribution is 7.17. The van der Waals surface area contributed by atoms with Gasteiger partial charge in [-0.25, -0.2) is 4.98 Å². The van der Waals surface area contributed by atoms with Crippen molar-refractivity contribution in [2.45, 2.75) is 27.3 Å². The maximum Gasteiger partial charge on any atom is 0.262 e. The zero-order valence-electron chi connectivity index (χ0n) is 13.8. The molecule has 23 heavy (non-hydrogen) atoms. The molecule has 0 saturated heterocycles. The van der Waals surface area contributed by atoms with Gasteiger partial charge in [-0.05, 0) is 31.9 Å². The third-order valence-corrected chi connectivity index (χ3v) is 4.95. The number of aromatic nitrogens is 2. The van der Waals surface area contributed by atoms with E-state index in [4.69, 9.17) is 4.74 Å². The molecule has 0 radical (unpaired) electrons. The Bertz CT molecular complexity index is 925. The van der Waals surface area contributed by atoms with E-state index < -0.39 is 0 Å². The summed E-state index contributed by atoms with van der Waals surface area (Å²) in [6, 6.07) is 6.31. The minimum absolute atomic E-state index is 0.0146. The second-order valence-electron chi connectivity index (χ2n) is 5.76. The van der Waals surface area contributed by atoms with Crippen molar-refractivity contribution in [3.8, 4) is 11.1 Å². The molecule has 0 aliphatic heterocycles. The van der Waals surface area contributed by atoms with Gasteiger partial charge in [-0.1, -0.05) is 23.8 Å². The Morgan fingerprint density at radius 3 is 2.70 bits per heavy atom. The molecule has 4 nitrogen and oxygen atoms in total. The minimum atomic E-state index is 0.0146. The first-order chi connectivity index (χ1) is 11.0. The summed E-state index contributed by atoms with van der Waals surface area (Å²) in [6.45, 7) is 7.04. The molecule has 1 aromatic carbocycles. The van der Waals surface area contributed by atoms with Crippen molar-refractivity contribution in [2.75, 3.05) is 13.7 Å². The maximum atomic E-state index is 13.0. The van der Waals surface area contributed by atoms with Gasteiger partial charge >= 0.3 is 0 Å². The lowest BCUT2D eigenvalue weighted by atomic mass is 9.99. The first kappa shape index (κ1) is 15.9. The van der Waals surface area contributed by atoms with E-state index in [0.29, 0.717) is 18.5 Å². The van der Waals surface area contributed by atoms with Crippen LogP contribution in [0, 0.1) is 20.8 Å². The monoisotopic (exact) mass is 328 g/mol. The minimum Gasteiger partial charge on any atom is -0.383 e. The van der Waals surface area contributed by atoms with E-state index in [2.05, 4.69) is 37.0 Å². The Morgan fingerprint density at radius 1 is 1.22 bits per heavy atom. The largest absolute Gasteiger partial charge is 0.383 e. The van der Waals surface area contributed by atoms with Crippen LogP contribution in [0.3, 0.4) is 0 Å². The van der Waals surface area contributed by atoms with Crippen LogP contribution >= 0.6 is 11.3 Å². The Labute approximate surface area is 139 Å². The van der Waals surface area contributed by atoms with Crippen molar-refractivity contribution in [1.29, 1.82) is 0 Å². The highest BCUT2D eigenvalue weighted by atomic mass is 32.1. The van der Waals surface area contributed by atoms with Gasteiger partial charge in [0.25, 0.3) is 5.56 Å². The molecule has 120 valence electrons. The van der Waals surface area contributed by atoms with Crippen LogP contribution in [0.2, 0.25) is 0 Å². The molecule has 0 N–H and O–H groups in total. The molecular weight excluding hydrogens is 308 g/mol. The number of rotatable bonds is 4.